The summed E-state index contributed by atoms with van der Waals surface area (Å²) in [6.07, 6.45) is 1.91. The highest BCUT2D eigenvalue weighted by Gasteiger charge is 2.52. The molecule has 1 saturated carbocycles. The summed E-state index contributed by atoms with van der Waals surface area (Å²) >= 11 is 0. The summed E-state index contributed by atoms with van der Waals surface area (Å²) in [6.45, 7) is 10.3. The van der Waals surface area contributed by atoms with E-state index in [0.29, 0.717) is 0 Å². The lowest BCUT2D eigenvalue weighted by Gasteiger charge is -2.32. The molecule has 1 saturated heterocycles. The van der Waals surface area contributed by atoms with Gasteiger partial charge in [0, 0.05) is 0 Å². The molecule has 0 bridgehead atoms. The fraction of sp³-hybridized carbons (Fsp3) is 0.588. The molecule has 0 amide bonds. The number of rotatable bonds is 2. The molecule has 0 spiro atoms. The van der Waals surface area contributed by atoms with Crippen molar-refractivity contribution in [1.29, 1.82) is 5.26 Å². The van der Waals surface area contributed by atoms with Crippen LogP contribution >= 0.6 is 0 Å². The molecular formula is C17H22BNO2. The van der Waals surface area contributed by atoms with E-state index in [9.17, 15) is 5.26 Å². The van der Waals surface area contributed by atoms with Crippen LogP contribution in [0.3, 0.4) is 0 Å². The van der Waals surface area contributed by atoms with E-state index in [1.807, 2.05) is 0 Å². The average Bonchev–Trinajstić information content (AvgIpc) is 3.13. The van der Waals surface area contributed by atoms with Crippen molar-refractivity contribution in [3.63, 3.8) is 0 Å². The van der Waals surface area contributed by atoms with Gasteiger partial charge in [0.1, 0.15) is 0 Å². The maximum atomic E-state index is 9.41. The molecule has 0 radical (unpaired) electrons. The fourth-order valence-electron chi connectivity index (χ4n) is 2.79. The molecule has 1 aromatic carbocycles. The number of aryl methyl sites for hydroxylation is 1. The first-order valence-electron chi connectivity index (χ1n) is 7.58. The third kappa shape index (κ3) is 2.29. The predicted molar refractivity (Wildman–Crippen MR) is 83.4 cm³/mol. The van der Waals surface area contributed by atoms with Crippen molar-refractivity contribution in [3.05, 3.63) is 29.3 Å². The molecule has 1 heterocycles. The Bertz CT molecular complexity index is 610. The number of hydrogen-bond acceptors (Lipinski definition) is 3. The predicted octanol–water partition coefficient (Wildman–Crippen LogP) is 2.85. The Morgan fingerprint density at radius 2 is 1.62 bits per heavy atom. The van der Waals surface area contributed by atoms with Crippen LogP contribution < -0.4 is 5.46 Å². The van der Waals surface area contributed by atoms with Crippen LogP contribution in [0.5, 0.6) is 0 Å². The Morgan fingerprint density at radius 3 is 2.10 bits per heavy atom. The van der Waals surface area contributed by atoms with Crippen LogP contribution in [0.2, 0.25) is 0 Å². The number of nitrogens with zero attached hydrogens (tertiary/aromatic N) is 1. The van der Waals surface area contributed by atoms with Gasteiger partial charge in [-0.1, -0.05) is 23.8 Å². The lowest BCUT2D eigenvalue weighted by molar-refractivity contribution is 0.00578. The maximum Gasteiger partial charge on any atom is 0.494 e. The summed E-state index contributed by atoms with van der Waals surface area (Å²) < 4.78 is 12.2. The SMILES string of the molecule is Cc1cc(B2OC(C)(C)C(C)(C)O2)cc(C2(C#N)CC2)c1. The lowest BCUT2D eigenvalue weighted by atomic mass is 9.76. The van der Waals surface area contributed by atoms with Crippen molar-refractivity contribution in [2.75, 3.05) is 0 Å². The molecule has 110 valence electrons. The van der Waals surface area contributed by atoms with Gasteiger partial charge < -0.3 is 9.31 Å². The highest BCUT2D eigenvalue weighted by atomic mass is 16.7. The monoisotopic (exact) mass is 283 g/mol. The molecule has 1 aliphatic heterocycles. The smallest absolute Gasteiger partial charge is 0.399 e. The van der Waals surface area contributed by atoms with Gasteiger partial charge in [-0.2, -0.15) is 5.26 Å². The standard InChI is InChI=1S/C17H22BNO2/c1-12-8-13(17(11-19)6-7-17)10-14(9-12)18-20-15(2,3)16(4,5)21-18/h8-10H,6-7H2,1-5H3. The molecule has 0 atom stereocenters. The molecule has 2 fully saturated rings. The van der Waals surface area contributed by atoms with Crippen LogP contribution in [0.15, 0.2) is 18.2 Å². The van der Waals surface area contributed by atoms with Crippen LogP contribution in [0.25, 0.3) is 0 Å². The third-order valence-corrected chi connectivity index (χ3v) is 5.14. The molecule has 2 aliphatic rings. The van der Waals surface area contributed by atoms with Gasteiger partial charge in [0.2, 0.25) is 0 Å². The molecule has 21 heavy (non-hydrogen) atoms. The molecule has 3 nitrogen and oxygen atoms in total. The zero-order valence-corrected chi connectivity index (χ0v) is 13.5. The molecule has 0 unspecified atom stereocenters. The van der Waals surface area contributed by atoms with Crippen LogP contribution in [-0.2, 0) is 14.7 Å². The second kappa shape index (κ2) is 4.35. The summed E-state index contributed by atoms with van der Waals surface area (Å²) in [5, 5.41) is 9.41. The van der Waals surface area contributed by atoms with Crippen LogP contribution in [0, 0.1) is 18.3 Å². The largest absolute Gasteiger partial charge is 0.494 e. The second-order valence-electron chi connectivity index (χ2n) is 7.41. The van der Waals surface area contributed by atoms with Crippen LogP contribution in [-0.4, -0.2) is 18.3 Å². The molecule has 0 N–H and O–H groups in total. The van der Waals surface area contributed by atoms with E-state index >= 15 is 0 Å². The highest BCUT2D eigenvalue weighted by molar-refractivity contribution is 6.62. The number of nitriles is 1. The van der Waals surface area contributed by atoms with Gasteiger partial charge in [0.05, 0.1) is 22.7 Å². The van der Waals surface area contributed by atoms with Crippen molar-refractivity contribution in [2.24, 2.45) is 0 Å². The van der Waals surface area contributed by atoms with E-state index < -0.39 is 0 Å². The van der Waals surface area contributed by atoms with Crippen molar-refractivity contribution >= 4 is 12.6 Å². The lowest BCUT2D eigenvalue weighted by Crippen LogP contribution is -2.41. The maximum absolute atomic E-state index is 9.41. The Balaban J connectivity index is 1.96. The molecule has 0 aromatic heterocycles. The minimum atomic E-state index is -0.358. The Kier molecular flexibility index (Phi) is 3.03. The first-order valence-corrected chi connectivity index (χ1v) is 7.58. The number of benzene rings is 1. The fourth-order valence-corrected chi connectivity index (χ4v) is 2.79. The quantitative estimate of drug-likeness (QED) is 0.784. The van der Waals surface area contributed by atoms with Gasteiger partial charge in [-0.05, 0) is 58.5 Å². The van der Waals surface area contributed by atoms with E-state index in [0.717, 1.165) is 29.4 Å². The first-order chi connectivity index (χ1) is 9.69. The summed E-state index contributed by atoms with van der Waals surface area (Å²) in [7, 11) is -0.358. The minimum absolute atomic E-state index is 0.273. The third-order valence-electron chi connectivity index (χ3n) is 5.14. The van der Waals surface area contributed by atoms with E-state index in [1.54, 1.807) is 0 Å². The van der Waals surface area contributed by atoms with Crippen molar-refractivity contribution < 1.29 is 9.31 Å². The van der Waals surface area contributed by atoms with Crippen LogP contribution in [0.4, 0.5) is 0 Å². The molecule has 4 heteroatoms. The minimum Gasteiger partial charge on any atom is -0.399 e. The molecular weight excluding hydrogens is 261 g/mol. The zero-order chi connectivity index (χ0) is 15.5. The average molecular weight is 283 g/mol. The topological polar surface area (TPSA) is 42.2 Å². The second-order valence-corrected chi connectivity index (χ2v) is 7.41. The van der Waals surface area contributed by atoms with Gasteiger partial charge in [-0.15, -0.1) is 0 Å². The summed E-state index contributed by atoms with van der Waals surface area (Å²) in [5.41, 5.74) is 2.32. The van der Waals surface area contributed by atoms with Crippen molar-refractivity contribution in [1.82, 2.24) is 0 Å². The highest BCUT2D eigenvalue weighted by Crippen LogP contribution is 2.47. The Hall–Kier alpha value is -1.31. The van der Waals surface area contributed by atoms with Gasteiger partial charge in [0.25, 0.3) is 0 Å². The molecule has 1 aromatic rings. The Labute approximate surface area is 127 Å². The van der Waals surface area contributed by atoms with E-state index in [2.05, 4.69) is 58.9 Å². The zero-order valence-electron chi connectivity index (χ0n) is 13.5. The van der Waals surface area contributed by atoms with Crippen molar-refractivity contribution in [2.45, 2.75) is 64.1 Å². The van der Waals surface area contributed by atoms with Crippen molar-refractivity contribution in [3.8, 4) is 6.07 Å². The van der Waals surface area contributed by atoms with E-state index in [1.165, 1.54) is 0 Å². The van der Waals surface area contributed by atoms with E-state index in [4.69, 9.17) is 9.31 Å². The summed E-state index contributed by atoms with van der Waals surface area (Å²) in [6, 6.07) is 8.77. The molecule has 3 rings (SSSR count). The Morgan fingerprint density at radius 1 is 1.05 bits per heavy atom. The van der Waals surface area contributed by atoms with Gasteiger partial charge >= 0.3 is 7.12 Å². The van der Waals surface area contributed by atoms with Crippen LogP contribution in [0.1, 0.15) is 51.7 Å². The molecule has 1 aliphatic carbocycles. The summed E-state index contributed by atoms with van der Waals surface area (Å²) in [5.74, 6) is 0. The first kappa shape index (κ1) is 14.6. The van der Waals surface area contributed by atoms with E-state index in [-0.39, 0.29) is 23.7 Å². The number of hydrogen-bond donors (Lipinski definition) is 0. The van der Waals surface area contributed by atoms with Gasteiger partial charge in [-0.3, -0.25) is 0 Å². The van der Waals surface area contributed by atoms with Gasteiger partial charge in [0.15, 0.2) is 0 Å². The summed E-state index contributed by atoms with van der Waals surface area (Å²) in [4.78, 5) is 0. The van der Waals surface area contributed by atoms with Gasteiger partial charge in [-0.25, -0.2) is 0 Å². The normalized spacial score (nSPS) is 24.7.